The monoisotopic (exact) mass is 224 g/mol. The van der Waals surface area contributed by atoms with Crippen LogP contribution in [0.1, 0.15) is 37.9 Å². The average molecular weight is 224 g/mol. The van der Waals surface area contributed by atoms with Gasteiger partial charge in [0.1, 0.15) is 11.5 Å². The van der Waals surface area contributed by atoms with Crippen molar-refractivity contribution in [3.8, 4) is 0 Å². The van der Waals surface area contributed by atoms with Crippen molar-refractivity contribution >= 4 is 6.03 Å². The number of amides is 2. The van der Waals surface area contributed by atoms with Crippen LogP contribution in [-0.2, 0) is 6.54 Å². The fourth-order valence-electron chi connectivity index (χ4n) is 1.42. The van der Waals surface area contributed by atoms with Gasteiger partial charge in [0, 0.05) is 17.6 Å². The number of carbonyl (C=O) groups excluding carboxylic acids is 1. The molecule has 4 heteroatoms. The van der Waals surface area contributed by atoms with E-state index in [1.54, 1.807) is 0 Å². The van der Waals surface area contributed by atoms with Crippen molar-refractivity contribution < 1.29 is 9.21 Å². The zero-order valence-corrected chi connectivity index (χ0v) is 10.6. The van der Waals surface area contributed by atoms with Crippen LogP contribution >= 0.6 is 0 Å². The Labute approximate surface area is 96.4 Å². The number of carbonyl (C=O) groups is 1. The topological polar surface area (TPSA) is 54.3 Å². The lowest BCUT2D eigenvalue weighted by Crippen LogP contribution is -2.46. The Morgan fingerprint density at radius 1 is 1.38 bits per heavy atom. The smallest absolute Gasteiger partial charge is 0.315 e. The third-order valence-electron chi connectivity index (χ3n) is 2.07. The predicted molar refractivity (Wildman–Crippen MR) is 63.3 cm³/mol. The van der Waals surface area contributed by atoms with Gasteiger partial charge in [0.15, 0.2) is 0 Å². The van der Waals surface area contributed by atoms with Crippen molar-refractivity contribution in [3.63, 3.8) is 0 Å². The number of rotatable bonds is 2. The molecule has 1 heterocycles. The fraction of sp³-hybridized carbons (Fsp3) is 0.583. The molecule has 0 aliphatic carbocycles. The molecule has 0 aromatic carbocycles. The van der Waals surface area contributed by atoms with Crippen LogP contribution in [0.5, 0.6) is 0 Å². The average Bonchev–Trinajstić information content (AvgIpc) is 2.38. The molecule has 90 valence electrons. The van der Waals surface area contributed by atoms with Crippen molar-refractivity contribution in [2.24, 2.45) is 0 Å². The van der Waals surface area contributed by atoms with Gasteiger partial charge in [-0.05, 0) is 40.7 Å². The number of hydrogen-bond acceptors (Lipinski definition) is 2. The first-order valence-corrected chi connectivity index (χ1v) is 5.40. The maximum atomic E-state index is 11.5. The minimum absolute atomic E-state index is 0.161. The zero-order chi connectivity index (χ0) is 12.3. The summed E-state index contributed by atoms with van der Waals surface area (Å²) >= 11 is 0. The molecule has 0 aliphatic rings. The third-order valence-corrected chi connectivity index (χ3v) is 2.07. The Kier molecular flexibility index (Phi) is 3.62. The molecule has 0 spiro atoms. The molecule has 0 saturated heterocycles. The summed E-state index contributed by atoms with van der Waals surface area (Å²) in [5.41, 5.74) is 0.799. The summed E-state index contributed by atoms with van der Waals surface area (Å²) in [4.78, 5) is 11.5. The van der Waals surface area contributed by atoms with Crippen molar-refractivity contribution in [2.75, 3.05) is 0 Å². The van der Waals surface area contributed by atoms with Crippen LogP contribution in [0.15, 0.2) is 10.5 Å². The summed E-state index contributed by atoms with van der Waals surface area (Å²) in [7, 11) is 0. The molecule has 0 bridgehead atoms. The molecule has 16 heavy (non-hydrogen) atoms. The summed E-state index contributed by atoms with van der Waals surface area (Å²) in [6, 6.07) is 1.78. The van der Waals surface area contributed by atoms with E-state index in [2.05, 4.69) is 10.6 Å². The predicted octanol–water partition coefficient (Wildman–Crippen LogP) is 2.49. The van der Waals surface area contributed by atoms with E-state index < -0.39 is 0 Å². The molecule has 0 atom stereocenters. The largest absolute Gasteiger partial charge is 0.466 e. The first kappa shape index (κ1) is 12.6. The second kappa shape index (κ2) is 4.60. The normalized spacial score (nSPS) is 11.3. The molecule has 2 amide bonds. The molecule has 2 N–H and O–H groups in total. The molecule has 1 rings (SSSR count). The Morgan fingerprint density at radius 3 is 2.44 bits per heavy atom. The van der Waals surface area contributed by atoms with Crippen LogP contribution in [0.3, 0.4) is 0 Å². The van der Waals surface area contributed by atoms with Gasteiger partial charge < -0.3 is 15.1 Å². The van der Waals surface area contributed by atoms with E-state index in [0.717, 1.165) is 17.1 Å². The highest BCUT2D eigenvalue weighted by Gasteiger charge is 2.13. The standard InChI is InChI=1S/C12H20N2O2/c1-8-6-10(9(2)16-8)7-13-11(15)14-12(3,4)5/h6H,7H2,1-5H3,(H2,13,14,15). The summed E-state index contributed by atoms with van der Waals surface area (Å²) in [6.45, 7) is 10.1. The maximum Gasteiger partial charge on any atom is 0.315 e. The van der Waals surface area contributed by atoms with Crippen molar-refractivity contribution in [1.82, 2.24) is 10.6 Å². The summed E-state index contributed by atoms with van der Waals surface area (Å²) in [5, 5.41) is 5.63. The lowest BCUT2D eigenvalue weighted by molar-refractivity contribution is 0.231. The van der Waals surface area contributed by atoms with Crippen LogP contribution < -0.4 is 10.6 Å². The Hall–Kier alpha value is -1.45. The van der Waals surface area contributed by atoms with Crippen molar-refractivity contribution in [1.29, 1.82) is 0 Å². The third kappa shape index (κ3) is 3.96. The van der Waals surface area contributed by atoms with E-state index in [1.807, 2.05) is 40.7 Å². The molecule has 0 unspecified atom stereocenters. The van der Waals surface area contributed by atoms with Gasteiger partial charge in [-0.2, -0.15) is 0 Å². The molecular formula is C12H20N2O2. The molecular weight excluding hydrogens is 204 g/mol. The van der Waals surface area contributed by atoms with E-state index in [-0.39, 0.29) is 11.6 Å². The summed E-state index contributed by atoms with van der Waals surface area (Å²) < 4.78 is 5.38. The zero-order valence-electron chi connectivity index (χ0n) is 10.6. The summed E-state index contributed by atoms with van der Waals surface area (Å²) in [6.07, 6.45) is 0. The van der Waals surface area contributed by atoms with Gasteiger partial charge in [-0.25, -0.2) is 4.79 Å². The highest BCUT2D eigenvalue weighted by atomic mass is 16.3. The maximum absolute atomic E-state index is 11.5. The highest BCUT2D eigenvalue weighted by molar-refractivity contribution is 5.74. The first-order chi connectivity index (χ1) is 7.28. The van der Waals surface area contributed by atoms with Crippen molar-refractivity contribution in [3.05, 3.63) is 23.2 Å². The van der Waals surface area contributed by atoms with Gasteiger partial charge in [-0.1, -0.05) is 0 Å². The lowest BCUT2D eigenvalue weighted by atomic mass is 10.1. The lowest BCUT2D eigenvalue weighted by Gasteiger charge is -2.20. The number of urea groups is 1. The van der Waals surface area contributed by atoms with Gasteiger partial charge in [0.25, 0.3) is 0 Å². The van der Waals surface area contributed by atoms with E-state index in [1.165, 1.54) is 0 Å². The second-order valence-electron chi connectivity index (χ2n) is 5.00. The van der Waals surface area contributed by atoms with E-state index in [9.17, 15) is 4.79 Å². The van der Waals surface area contributed by atoms with E-state index in [0.29, 0.717) is 6.54 Å². The van der Waals surface area contributed by atoms with Gasteiger partial charge in [0.2, 0.25) is 0 Å². The SMILES string of the molecule is Cc1cc(CNC(=O)NC(C)(C)C)c(C)o1. The number of furan rings is 1. The number of nitrogens with one attached hydrogen (secondary N) is 2. The molecule has 0 aliphatic heterocycles. The minimum atomic E-state index is -0.217. The molecule has 0 saturated carbocycles. The van der Waals surface area contributed by atoms with Gasteiger partial charge >= 0.3 is 6.03 Å². The van der Waals surface area contributed by atoms with Gasteiger partial charge in [0.05, 0.1) is 0 Å². The van der Waals surface area contributed by atoms with Crippen LogP contribution in [0.2, 0.25) is 0 Å². The fourth-order valence-corrected chi connectivity index (χ4v) is 1.42. The Morgan fingerprint density at radius 2 is 2.00 bits per heavy atom. The van der Waals surface area contributed by atoms with E-state index in [4.69, 9.17) is 4.42 Å². The molecule has 1 aromatic heterocycles. The molecule has 1 aromatic rings. The van der Waals surface area contributed by atoms with Crippen LogP contribution in [0.25, 0.3) is 0 Å². The second-order valence-corrected chi connectivity index (χ2v) is 5.00. The quantitative estimate of drug-likeness (QED) is 0.811. The summed E-state index contributed by atoms with van der Waals surface area (Å²) in [5.74, 6) is 1.72. The van der Waals surface area contributed by atoms with Gasteiger partial charge in [-0.3, -0.25) is 0 Å². The molecule has 4 nitrogen and oxygen atoms in total. The Bertz CT molecular complexity index is 375. The van der Waals surface area contributed by atoms with Crippen LogP contribution in [0, 0.1) is 13.8 Å². The number of aryl methyl sites for hydroxylation is 2. The van der Waals surface area contributed by atoms with E-state index >= 15 is 0 Å². The Balaban J connectivity index is 2.46. The van der Waals surface area contributed by atoms with Crippen LogP contribution in [0.4, 0.5) is 4.79 Å². The molecule has 0 fully saturated rings. The number of hydrogen-bond donors (Lipinski definition) is 2. The minimum Gasteiger partial charge on any atom is -0.466 e. The highest BCUT2D eigenvalue weighted by Crippen LogP contribution is 2.13. The molecule has 0 radical (unpaired) electrons. The van der Waals surface area contributed by atoms with Crippen molar-refractivity contribution in [2.45, 2.75) is 46.7 Å². The van der Waals surface area contributed by atoms with Crippen LogP contribution in [-0.4, -0.2) is 11.6 Å². The van der Waals surface area contributed by atoms with Gasteiger partial charge in [-0.15, -0.1) is 0 Å². The first-order valence-electron chi connectivity index (χ1n) is 5.40.